The highest BCUT2D eigenvalue weighted by Crippen LogP contribution is 2.28. The molecule has 6 heteroatoms. The third-order valence-corrected chi connectivity index (χ3v) is 3.72. The van der Waals surface area contributed by atoms with E-state index in [2.05, 4.69) is 20.2 Å². The van der Waals surface area contributed by atoms with Gasteiger partial charge in [-0.1, -0.05) is 6.42 Å². The molecule has 6 nitrogen and oxygen atoms in total. The van der Waals surface area contributed by atoms with E-state index >= 15 is 0 Å². The Morgan fingerprint density at radius 3 is 2.95 bits per heavy atom. The fourth-order valence-electron chi connectivity index (χ4n) is 2.89. The lowest BCUT2D eigenvalue weighted by Crippen LogP contribution is -2.46. The van der Waals surface area contributed by atoms with Crippen molar-refractivity contribution in [3.8, 4) is 0 Å². The van der Waals surface area contributed by atoms with E-state index < -0.39 is 5.60 Å². The van der Waals surface area contributed by atoms with E-state index in [1.54, 1.807) is 6.20 Å². The number of aromatic amines is 1. The van der Waals surface area contributed by atoms with Crippen LogP contribution in [0.2, 0.25) is 0 Å². The van der Waals surface area contributed by atoms with Crippen molar-refractivity contribution < 1.29 is 9.53 Å². The van der Waals surface area contributed by atoms with Gasteiger partial charge in [0.05, 0.1) is 6.04 Å². The molecule has 124 valence electrons. The summed E-state index contributed by atoms with van der Waals surface area (Å²) in [6.45, 7) is 9.45. The quantitative estimate of drug-likeness (QED) is 0.897. The predicted octanol–water partition coefficient (Wildman–Crippen LogP) is 2.85. The number of hydrogen-bond donors (Lipinski definition) is 2. The second-order valence-electron chi connectivity index (χ2n) is 7.03. The molecule has 1 saturated heterocycles. The predicted molar refractivity (Wildman–Crippen MR) is 85.6 cm³/mol. The number of nitrogens with one attached hydrogen (secondary N) is 2. The standard InChI is InChI=1S/C16H28N4O2/c1-12(19-15(21)22-16(2,3)4)11-20-10-6-5-7-13(20)14-17-8-9-18-14/h8-9,12-13H,5-7,10-11H2,1-4H3,(H,17,18)(H,19,21)/t12-,13+/m1/s1. The van der Waals surface area contributed by atoms with Crippen molar-refractivity contribution in [2.75, 3.05) is 13.1 Å². The summed E-state index contributed by atoms with van der Waals surface area (Å²) in [5.41, 5.74) is -0.467. The Morgan fingerprint density at radius 1 is 1.55 bits per heavy atom. The van der Waals surface area contributed by atoms with Crippen LogP contribution in [0, 0.1) is 0 Å². The number of imidazole rings is 1. The first kappa shape index (κ1) is 16.8. The Morgan fingerprint density at radius 2 is 2.32 bits per heavy atom. The van der Waals surface area contributed by atoms with Crippen LogP contribution >= 0.6 is 0 Å². The van der Waals surface area contributed by atoms with E-state index in [4.69, 9.17) is 4.74 Å². The Hall–Kier alpha value is -1.56. The van der Waals surface area contributed by atoms with Crippen molar-refractivity contribution >= 4 is 6.09 Å². The van der Waals surface area contributed by atoms with Crippen molar-refractivity contribution in [3.63, 3.8) is 0 Å². The van der Waals surface area contributed by atoms with Gasteiger partial charge in [-0.2, -0.15) is 0 Å². The van der Waals surface area contributed by atoms with E-state index in [0.29, 0.717) is 6.04 Å². The summed E-state index contributed by atoms with van der Waals surface area (Å²) in [6, 6.07) is 0.344. The summed E-state index contributed by atoms with van der Waals surface area (Å²) in [5.74, 6) is 1.02. The van der Waals surface area contributed by atoms with Crippen LogP contribution in [0.3, 0.4) is 0 Å². The number of ether oxygens (including phenoxy) is 1. The zero-order chi connectivity index (χ0) is 16.2. The molecule has 1 aliphatic rings. The SMILES string of the molecule is C[C@H](CN1CCCC[C@H]1c1ncc[nH]1)NC(=O)OC(C)(C)C. The maximum atomic E-state index is 11.9. The van der Waals surface area contributed by atoms with Gasteiger partial charge in [-0.15, -0.1) is 0 Å². The first-order chi connectivity index (χ1) is 10.3. The lowest BCUT2D eigenvalue weighted by molar-refractivity contribution is 0.0480. The summed E-state index contributed by atoms with van der Waals surface area (Å²) < 4.78 is 5.31. The number of likely N-dealkylation sites (tertiary alicyclic amines) is 1. The summed E-state index contributed by atoms with van der Waals surface area (Å²) in [7, 11) is 0. The van der Waals surface area contributed by atoms with Crippen molar-refractivity contribution in [3.05, 3.63) is 18.2 Å². The molecule has 2 rings (SSSR count). The number of nitrogens with zero attached hydrogens (tertiary/aromatic N) is 2. The molecule has 1 fully saturated rings. The molecular weight excluding hydrogens is 280 g/mol. The monoisotopic (exact) mass is 308 g/mol. The van der Waals surface area contributed by atoms with Crippen molar-refractivity contribution in [1.82, 2.24) is 20.2 Å². The van der Waals surface area contributed by atoms with Gasteiger partial charge in [-0.05, 0) is 47.1 Å². The van der Waals surface area contributed by atoms with Crippen LogP contribution in [0.5, 0.6) is 0 Å². The average molecular weight is 308 g/mol. The molecule has 1 aliphatic heterocycles. The molecule has 1 aromatic heterocycles. The minimum Gasteiger partial charge on any atom is -0.444 e. The Kier molecular flexibility index (Phi) is 5.45. The van der Waals surface area contributed by atoms with Crippen LogP contribution in [0.4, 0.5) is 4.79 Å². The minimum absolute atomic E-state index is 0.0328. The van der Waals surface area contributed by atoms with Gasteiger partial charge < -0.3 is 15.0 Å². The van der Waals surface area contributed by atoms with Gasteiger partial charge in [-0.25, -0.2) is 9.78 Å². The second-order valence-corrected chi connectivity index (χ2v) is 7.03. The first-order valence-corrected chi connectivity index (χ1v) is 8.08. The largest absolute Gasteiger partial charge is 0.444 e. The van der Waals surface area contributed by atoms with Gasteiger partial charge in [0.15, 0.2) is 0 Å². The molecule has 0 aliphatic carbocycles. The number of H-pyrrole nitrogens is 1. The molecule has 22 heavy (non-hydrogen) atoms. The highest BCUT2D eigenvalue weighted by Gasteiger charge is 2.27. The zero-order valence-corrected chi connectivity index (χ0v) is 14.1. The van der Waals surface area contributed by atoms with Crippen molar-refractivity contribution in [2.24, 2.45) is 0 Å². The number of alkyl carbamates (subject to hydrolysis) is 1. The number of amides is 1. The number of piperidine rings is 1. The normalized spacial score (nSPS) is 21.4. The van der Waals surface area contributed by atoms with Gasteiger partial charge in [0.1, 0.15) is 11.4 Å². The van der Waals surface area contributed by atoms with Crippen molar-refractivity contribution in [2.45, 2.75) is 64.6 Å². The lowest BCUT2D eigenvalue weighted by Gasteiger charge is -2.36. The molecule has 1 aromatic rings. The maximum Gasteiger partial charge on any atom is 0.407 e. The summed E-state index contributed by atoms with van der Waals surface area (Å²) in [6.07, 6.45) is 6.82. The summed E-state index contributed by atoms with van der Waals surface area (Å²) in [4.78, 5) is 21.9. The molecule has 0 bridgehead atoms. The molecule has 0 aromatic carbocycles. The van der Waals surface area contributed by atoms with E-state index in [1.165, 1.54) is 12.8 Å². The highest BCUT2D eigenvalue weighted by molar-refractivity contribution is 5.68. The summed E-state index contributed by atoms with van der Waals surface area (Å²) in [5, 5.41) is 2.92. The molecule has 0 spiro atoms. The molecule has 0 unspecified atom stereocenters. The number of rotatable bonds is 4. The second kappa shape index (κ2) is 7.13. The molecule has 2 N–H and O–H groups in total. The van der Waals surface area contributed by atoms with Crippen LogP contribution < -0.4 is 5.32 Å². The third kappa shape index (κ3) is 5.02. The molecule has 0 saturated carbocycles. The van der Waals surface area contributed by atoms with Gasteiger partial charge in [0.25, 0.3) is 0 Å². The van der Waals surface area contributed by atoms with Gasteiger partial charge >= 0.3 is 6.09 Å². The fourth-order valence-corrected chi connectivity index (χ4v) is 2.89. The van der Waals surface area contributed by atoms with Gasteiger partial charge in [0, 0.05) is 25.0 Å². The first-order valence-electron chi connectivity index (χ1n) is 8.08. The maximum absolute atomic E-state index is 11.9. The van der Waals surface area contributed by atoms with Crippen molar-refractivity contribution in [1.29, 1.82) is 0 Å². The smallest absolute Gasteiger partial charge is 0.407 e. The molecule has 1 amide bonds. The van der Waals surface area contributed by atoms with E-state index in [-0.39, 0.29) is 12.1 Å². The van der Waals surface area contributed by atoms with Crippen LogP contribution in [0.15, 0.2) is 12.4 Å². The fraction of sp³-hybridized carbons (Fsp3) is 0.750. The molecule has 2 atom stereocenters. The van der Waals surface area contributed by atoms with Gasteiger partial charge in [-0.3, -0.25) is 4.90 Å². The van der Waals surface area contributed by atoms with E-state index in [1.807, 2.05) is 33.9 Å². The molecule has 2 heterocycles. The number of hydrogen-bond acceptors (Lipinski definition) is 4. The highest BCUT2D eigenvalue weighted by atomic mass is 16.6. The Bertz CT molecular complexity index is 467. The third-order valence-electron chi connectivity index (χ3n) is 3.72. The Labute approximate surface area is 132 Å². The average Bonchev–Trinajstić information content (AvgIpc) is 2.90. The van der Waals surface area contributed by atoms with E-state index in [0.717, 1.165) is 25.3 Å². The van der Waals surface area contributed by atoms with Gasteiger partial charge in [0.2, 0.25) is 0 Å². The van der Waals surface area contributed by atoms with Crippen LogP contribution in [0.1, 0.15) is 58.8 Å². The minimum atomic E-state index is -0.467. The topological polar surface area (TPSA) is 70.2 Å². The van der Waals surface area contributed by atoms with Crippen LogP contribution in [-0.4, -0.2) is 45.7 Å². The Balaban J connectivity index is 1.89. The van der Waals surface area contributed by atoms with E-state index in [9.17, 15) is 4.79 Å². The zero-order valence-electron chi connectivity index (χ0n) is 14.1. The molecule has 0 radical (unpaired) electrons. The van der Waals surface area contributed by atoms with Crippen LogP contribution in [0.25, 0.3) is 0 Å². The number of aromatic nitrogens is 2. The van der Waals surface area contributed by atoms with Crippen LogP contribution in [-0.2, 0) is 4.74 Å². The molecular formula is C16H28N4O2. The number of carbonyl (C=O) groups is 1. The lowest BCUT2D eigenvalue weighted by atomic mass is 10.0. The summed E-state index contributed by atoms with van der Waals surface area (Å²) >= 11 is 0. The number of carbonyl (C=O) groups excluding carboxylic acids is 1.